The van der Waals surface area contributed by atoms with Gasteiger partial charge >= 0.3 is 5.97 Å². The fraction of sp³-hybridized carbons (Fsp3) is 0.273. The van der Waals surface area contributed by atoms with Crippen LogP contribution in [0.25, 0.3) is 0 Å². The highest BCUT2D eigenvalue weighted by molar-refractivity contribution is 6.31. The average Bonchev–Trinajstić information content (AvgIpc) is 2.58. The molecule has 0 spiro atoms. The first-order valence-corrected chi connectivity index (χ1v) is 5.01. The number of hydrogen-bond acceptors (Lipinski definition) is 3. The third-order valence-electron chi connectivity index (χ3n) is 2.19. The maximum atomic E-state index is 10.8. The van der Waals surface area contributed by atoms with Gasteiger partial charge in [0.2, 0.25) is 0 Å². The van der Waals surface area contributed by atoms with Gasteiger partial charge in [-0.05, 0) is 24.6 Å². The summed E-state index contributed by atoms with van der Waals surface area (Å²) in [5.74, 6) is -0.216. The summed E-state index contributed by atoms with van der Waals surface area (Å²) >= 11 is 5.96. The number of esters is 1. The van der Waals surface area contributed by atoms with Gasteiger partial charge in [-0.1, -0.05) is 17.7 Å². The van der Waals surface area contributed by atoms with Crippen LogP contribution >= 0.6 is 11.6 Å². The van der Waals surface area contributed by atoms with Crippen LogP contribution in [0.5, 0.6) is 0 Å². The van der Waals surface area contributed by atoms with E-state index in [-0.39, 0.29) is 12.4 Å². The minimum Gasteiger partial charge on any atom is -0.459 e. The SMILES string of the molecule is Cc1ccc(N=C2COC(=O)C2)cc1Cl. The van der Waals surface area contributed by atoms with Crippen LogP contribution in [0.2, 0.25) is 5.02 Å². The molecule has 0 aromatic heterocycles. The van der Waals surface area contributed by atoms with Gasteiger partial charge in [0.05, 0.1) is 17.8 Å². The quantitative estimate of drug-likeness (QED) is 0.687. The molecular formula is C11H10ClNO2. The Bertz CT molecular complexity index is 440. The molecule has 0 N–H and O–H groups in total. The van der Waals surface area contributed by atoms with Gasteiger partial charge in [-0.15, -0.1) is 0 Å². The average molecular weight is 224 g/mol. The summed E-state index contributed by atoms with van der Waals surface area (Å²) in [6.07, 6.45) is 0.283. The van der Waals surface area contributed by atoms with Crippen molar-refractivity contribution in [2.75, 3.05) is 6.61 Å². The van der Waals surface area contributed by atoms with Gasteiger partial charge in [0.25, 0.3) is 0 Å². The van der Waals surface area contributed by atoms with E-state index in [2.05, 4.69) is 4.99 Å². The van der Waals surface area contributed by atoms with Crippen LogP contribution in [0.4, 0.5) is 5.69 Å². The van der Waals surface area contributed by atoms with Crippen molar-refractivity contribution >= 4 is 29.0 Å². The Kier molecular flexibility index (Phi) is 2.73. The van der Waals surface area contributed by atoms with Crippen molar-refractivity contribution in [3.05, 3.63) is 28.8 Å². The Morgan fingerprint density at radius 2 is 2.27 bits per heavy atom. The third kappa shape index (κ3) is 2.36. The predicted octanol–water partition coefficient (Wildman–Crippen LogP) is 2.67. The Hall–Kier alpha value is -1.35. The minimum absolute atomic E-state index is 0.216. The second kappa shape index (κ2) is 4.03. The van der Waals surface area contributed by atoms with E-state index in [1.54, 1.807) is 6.07 Å². The summed E-state index contributed by atoms with van der Waals surface area (Å²) in [4.78, 5) is 15.1. The third-order valence-corrected chi connectivity index (χ3v) is 2.60. The number of aliphatic imine (C=N–C) groups is 1. The number of carbonyl (C=O) groups is 1. The lowest BCUT2D eigenvalue weighted by molar-refractivity contribution is -0.137. The lowest BCUT2D eigenvalue weighted by atomic mass is 10.2. The van der Waals surface area contributed by atoms with Crippen LogP contribution in [0.15, 0.2) is 23.2 Å². The molecule has 1 aromatic rings. The molecule has 15 heavy (non-hydrogen) atoms. The summed E-state index contributed by atoms with van der Waals surface area (Å²) in [7, 11) is 0. The first kappa shape index (κ1) is 10.2. The van der Waals surface area contributed by atoms with Crippen molar-refractivity contribution in [1.82, 2.24) is 0 Å². The number of nitrogens with zero attached hydrogens (tertiary/aromatic N) is 1. The normalized spacial score (nSPS) is 18.3. The smallest absolute Gasteiger partial charge is 0.312 e. The van der Waals surface area contributed by atoms with Crippen molar-refractivity contribution in [2.24, 2.45) is 4.99 Å². The van der Waals surface area contributed by atoms with Crippen LogP contribution in [-0.2, 0) is 9.53 Å². The van der Waals surface area contributed by atoms with E-state index in [1.165, 1.54) is 0 Å². The van der Waals surface area contributed by atoms with E-state index in [0.717, 1.165) is 17.0 Å². The second-order valence-corrected chi connectivity index (χ2v) is 3.86. The summed E-state index contributed by atoms with van der Waals surface area (Å²) in [5, 5.41) is 0.682. The number of cyclic esters (lactones) is 1. The lowest BCUT2D eigenvalue weighted by Gasteiger charge is -1.99. The number of benzene rings is 1. The maximum absolute atomic E-state index is 10.8. The van der Waals surface area contributed by atoms with Gasteiger partial charge in [-0.2, -0.15) is 0 Å². The van der Waals surface area contributed by atoms with E-state index in [4.69, 9.17) is 16.3 Å². The minimum atomic E-state index is -0.216. The highest BCUT2D eigenvalue weighted by atomic mass is 35.5. The van der Waals surface area contributed by atoms with Crippen LogP contribution in [-0.4, -0.2) is 18.3 Å². The molecule has 0 aliphatic carbocycles. The second-order valence-electron chi connectivity index (χ2n) is 3.45. The highest BCUT2D eigenvalue weighted by Gasteiger charge is 2.18. The summed E-state index contributed by atoms with van der Waals surface area (Å²) < 4.78 is 4.79. The molecule has 2 rings (SSSR count). The van der Waals surface area contributed by atoms with Gasteiger partial charge in [0.15, 0.2) is 0 Å². The number of halogens is 1. The number of carbonyl (C=O) groups excluding carboxylic acids is 1. The molecule has 1 aliphatic heterocycles. The van der Waals surface area contributed by atoms with Crippen molar-refractivity contribution < 1.29 is 9.53 Å². The van der Waals surface area contributed by atoms with Crippen molar-refractivity contribution in [3.63, 3.8) is 0 Å². The highest BCUT2D eigenvalue weighted by Crippen LogP contribution is 2.23. The summed E-state index contributed by atoms with van der Waals surface area (Å²) in [6, 6.07) is 5.56. The molecular weight excluding hydrogens is 214 g/mol. The van der Waals surface area contributed by atoms with E-state index in [1.807, 2.05) is 19.1 Å². The van der Waals surface area contributed by atoms with Crippen molar-refractivity contribution in [1.29, 1.82) is 0 Å². The Labute approximate surface area is 92.7 Å². The molecule has 1 heterocycles. The van der Waals surface area contributed by atoms with Crippen molar-refractivity contribution in [2.45, 2.75) is 13.3 Å². The fourth-order valence-electron chi connectivity index (χ4n) is 1.34. The predicted molar refractivity (Wildman–Crippen MR) is 58.9 cm³/mol. The molecule has 0 saturated carbocycles. The zero-order valence-electron chi connectivity index (χ0n) is 8.29. The van der Waals surface area contributed by atoms with E-state index < -0.39 is 0 Å². The van der Waals surface area contributed by atoms with Crippen LogP contribution in [0, 0.1) is 6.92 Å². The van der Waals surface area contributed by atoms with Gasteiger partial charge in [-0.25, -0.2) is 0 Å². The zero-order chi connectivity index (χ0) is 10.8. The standard InChI is InChI=1S/C11H10ClNO2/c1-7-2-3-8(4-10(7)12)13-9-5-11(14)15-6-9/h2-4H,5-6H2,1H3. The summed E-state index contributed by atoms with van der Waals surface area (Å²) in [6.45, 7) is 2.23. The fourth-order valence-corrected chi connectivity index (χ4v) is 1.51. The molecule has 0 radical (unpaired) electrons. The Morgan fingerprint density at radius 3 is 2.87 bits per heavy atom. The molecule has 1 aromatic carbocycles. The number of rotatable bonds is 1. The zero-order valence-corrected chi connectivity index (χ0v) is 9.04. The number of aryl methyl sites for hydroxylation is 1. The number of ether oxygens (including phenoxy) is 1. The molecule has 4 heteroatoms. The molecule has 0 unspecified atom stereocenters. The first-order chi connectivity index (χ1) is 7.15. The van der Waals surface area contributed by atoms with Crippen molar-refractivity contribution in [3.8, 4) is 0 Å². The topological polar surface area (TPSA) is 38.7 Å². The molecule has 78 valence electrons. The van der Waals surface area contributed by atoms with Gasteiger partial charge in [-0.3, -0.25) is 9.79 Å². The molecule has 1 fully saturated rings. The molecule has 0 amide bonds. The van der Waals surface area contributed by atoms with E-state index in [9.17, 15) is 4.79 Å². The van der Waals surface area contributed by atoms with Gasteiger partial charge in [0, 0.05) is 5.02 Å². The molecule has 1 aliphatic rings. The Balaban J connectivity index is 2.24. The largest absolute Gasteiger partial charge is 0.459 e. The molecule has 0 atom stereocenters. The van der Waals surface area contributed by atoms with Crippen LogP contribution in [0.3, 0.4) is 0 Å². The first-order valence-electron chi connectivity index (χ1n) is 4.63. The molecule has 0 bridgehead atoms. The number of hydrogen-bond donors (Lipinski definition) is 0. The lowest BCUT2D eigenvalue weighted by Crippen LogP contribution is -1.94. The molecule has 3 nitrogen and oxygen atoms in total. The van der Waals surface area contributed by atoms with Gasteiger partial charge < -0.3 is 4.74 Å². The van der Waals surface area contributed by atoms with Gasteiger partial charge in [0.1, 0.15) is 6.61 Å². The monoisotopic (exact) mass is 223 g/mol. The Morgan fingerprint density at radius 1 is 1.47 bits per heavy atom. The van der Waals surface area contributed by atoms with Crippen LogP contribution < -0.4 is 0 Å². The van der Waals surface area contributed by atoms with E-state index >= 15 is 0 Å². The van der Waals surface area contributed by atoms with Crippen LogP contribution in [0.1, 0.15) is 12.0 Å². The molecule has 1 saturated heterocycles. The maximum Gasteiger partial charge on any atom is 0.312 e. The summed E-state index contributed by atoms with van der Waals surface area (Å²) in [5.41, 5.74) is 2.53. The van der Waals surface area contributed by atoms with E-state index in [0.29, 0.717) is 11.6 Å².